The SMILES string of the molecule is C=CC(CCCCCCCCCCCC)N(C)C.Cl. The summed E-state index contributed by atoms with van der Waals surface area (Å²) in [6.45, 7) is 6.19. The normalized spacial score (nSPS) is 12.2. The first-order chi connectivity index (χ1) is 8.72. The van der Waals surface area contributed by atoms with E-state index >= 15 is 0 Å². The van der Waals surface area contributed by atoms with Gasteiger partial charge in [-0.3, -0.25) is 0 Å². The summed E-state index contributed by atoms with van der Waals surface area (Å²) in [6.07, 6.45) is 17.5. The molecule has 2 heteroatoms. The number of rotatable bonds is 13. The molecular weight excluding hydrogens is 254 g/mol. The van der Waals surface area contributed by atoms with E-state index in [1.54, 1.807) is 0 Å². The molecule has 0 aromatic carbocycles. The van der Waals surface area contributed by atoms with Crippen LogP contribution >= 0.6 is 12.4 Å². The monoisotopic (exact) mass is 289 g/mol. The van der Waals surface area contributed by atoms with Gasteiger partial charge in [-0.15, -0.1) is 19.0 Å². The maximum absolute atomic E-state index is 3.90. The molecule has 0 spiro atoms. The average Bonchev–Trinajstić information content (AvgIpc) is 2.35. The summed E-state index contributed by atoms with van der Waals surface area (Å²) in [5, 5.41) is 0. The van der Waals surface area contributed by atoms with Gasteiger partial charge >= 0.3 is 0 Å². The highest BCUT2D eigenvalue weighted by Crippen LogP contribution is 2.13. The van der Waals surface area contributed by atoms with E-state index in [0.29, 0.717) is 6.04 Å². The lowest BCUT2D eigenvalue weighted by atomic mass is 10.0. The first-order valence-electron chi connectivity index (χ1n) is 8.01. The van der Waals surface area contributed by atoms with Crippen LogP contribution in [0, 0.1) is 0 Å². The van der Waals surface area contributed by atoms with Crippen LogP contribution in [0.2, 0.25) is 0 Å². The van der Waals surface area contributed by atoms with Crippen molar-refractivity contribution < 1.29 is 0 Å². The van der Waals surface area contributed by atoms with Crippen LogP contribution in [-0.4, -0.2) is 25.0 Å². The predicted octanol–water partition coefficient (Wildman–Crippen LogP) is 5.84. The maximum atomic E-state index is 3.90. The summed E-state index contributed by atoms with van der Waals surface area (Å²) >= 11 is 0. The number of halogens is 1. The highest BCUT2D eigenvalue weighted by atomic mass is 35.5. The molecule has 19 heavy (non-hydrogen) atoms. The van der Waals surface area contributed by atoms with Gasteiger partial charge < -0.3 is 4.90 Å². The second-order valence-electron chi connectivity index (χ2n) is 5.74. The van der Waals surface area contributed by atoms with Crippen LogP contribution in [0.1, 0.15) is 77.6 Å². The van der Waals surface area contributed by atoms with Crippen molar-refractivity contribution in [3.05, 3.63) is 12.7 Å². The predicted molar refractivity (Wildman–Crippen MR) is 91.4 cm³/mol. The summed E-state index contributed by atoms with van der Waals surface area (Å²) in [6, 6.07) is 0.569. The van der Waals surface area contributed by atoms with E-state index in [-0.39, 0.29) is 12.4 Å². The molecule has 0 bridgehead atoms. The minimum Gasteiger partial charge on any atom is -0.303 e. The molecule has 1 atom stereocenters. The lowest BCUT2D eigenvalue weighted by Crippen LogP contribution is -2.25. The Balaban J connectivity index is 0. The summed E-state index contributed by atoms with van der Waals surface area (Å²) < 4.78 is 0. The Morgan fingerprint density at radius 1 is 0.842 bits per heavy atom. The Morgan fingerprint density at radius 2 is 1.26 bits per heavy atom. The van der Waals surface area contributed by atoms with Crippen molar-refractivity contribution in [1.29, 1.82) is 0 Å². The maximum Gasteiger partial charge on any atom is 0.0269 e. The first-order valence-corrected chi connectivity index (χ1v) is 8.01. The lowest BCUT2D eigenvalue weighted by molar-refractivity contribution is 0.319. The zero-order valence-corrected chi connectivity index (χ0v) is 14.3. The van der Waals surface area contributed by atoms with Crippen LogP contribution in [-0.2, 0) is 0 Å². The van der Waals surface area contributed by atoms with Crippen molar-refractivity contribution in [3.8, 4) is 0 Å². The first kappa shape index (κ1) is 21.3. The van der Waals surface area contributed by atoms with E-state index in [4.69, 9.17) is 0 Å². The molecule has 0 aliphatic rings. The number of unbranched alkanes of at least 4 members (excludes halogenated alkanes) is 9. The zero-order valence-electron chi connectivity index (χ0n) is 13.5. The van der Waals surface area contributed by atoms with E-state index in [2.05, 4.69) is 38.6 Å². The van der Waals surface area contributed by atoms with Gasteiger partial charge in [0, 0.05) is 6.04 Å². The Bertz CT molecular complexity index is 180. The third-order valence-corrected chi connectivity index (χ3v) is 3.79. The molecule has 1 unspecified atom stereocenters. The largest absolute Gasteiger partial charge is 0.303 e. The van der Waals surface area contributed by atoms with Gasteiger partial charge in [-0.1, -0.05) is 77.2 Å². The summed E-state index contributed by atoms with van der Waals surface area (Å²) in [4.78, 5) is 2.26. The van der Waals surface area contributed by atoms with Gasteiger partial charge in [0.05, 0.1) is 0 Å². The van der Waals surface area contributed by atoms with Crippen LogP contribution in [0.3, 0.4) is 0 Å². The fourth-order valence-corrected chi connectivity index (χ4v) is 2.43. The average molecular weight is 290 g/mol. The summed E-state index contributed by atoms with van der Waals surface area (Å²) in [7, 11) is 4.28. The van der Waals surface area contributed by atoms with Crippen molar-refractivity contribution in [3.63, 3.8) is 0 Å². The molecule has 0 aromatic rings. The second kappa shape index (κ2) is 16.0. The Hall–Kier alpha value is -0.0100. The summed E-state index contributed by atoms with van der Waals surface area (Å²) in [5.41, 5.74) is 0. The van der Waals surface area contributed by atoms with Crippen LogP contribution < -0.4 is 0 Å². The van der Waals surface area contributed by atoms with Gasteiger partial charge in [-0.25, -0.2) is 0 Å². The van der Waals surface area contributed by atoms with E-state index in [1.165, 1.54) is 70.6 Å². The van der Waals surface area contributed by atoms with E-state index in [0.717, 1.165) is 0 Å². The van der Waals surface area contributed by atoms with E-state index < -0.39 is 0 Å². The molecule has 0 saturated heterocycles. The van der Waals surface area contributed by atoms with Crippen LogP contribution in [0.25, 0.3) is 0 Å². The molecule has 0 aliphatic heterocycles. The van der Waals surface area contributed by atoms with Crippen molar-refractivity contribution in [2.45, 2.75) is 83.6 Å². The molecular formula is C17H36ClN. The molecule has 0 aromatic heterocycles. The molecule has 1 nitrogen and oxygen atoms in total. The zero-order chi connectivity index (χ0) is 13.6. The van der Waals surface area contributed by atoms with Gasteiger partial charge in [0.1, 0.15) is 0 Å². The van der Waals surface area contributed by atoms with Gasteiger partial charge in [0.25, 0.3) is 0 Å². The number of likely N-dealkylation sites (N-methyl/N-ethyl adjacent to an activating group) is 1. The Kier molecular flexibility index (Phi) is 18.0. The van der Waals surface area contributed by atoms with Crippen LogP contribution in [0.15, 0.2) is 12.7 Å². The van der Waals surface area contributed by atoms with Crippen molar-refractivity contribution in [2.75, 3.05) is 14.1 Å². The number of hydrogen-bond acceptors (Lipinski definition) is 1. The van der Waals surface area contributed by atoms with E-state index in [9.17, 15) is 0 Å². The number of nitrogens with zero attached hydrogens (tertiary/aromatic N) is 1. The van der Waals surface area contributed by atoms with Crippen molar-refractivity contribution in [2.24, 2.45) is 0 Å². The molecule has 0 radical (unpaired) electrons. The lowest BCUT2D eigenvalue weighted by Gasteiger charge is -2.20. The van der Waals surface area contributed by atoms with Gasteiger partial charge in [0.2, 0.25) is 0 Å². The third kappa shape index (κ3) is 14.2. The Labute approximate surface area is 128 Å². The molecule has 0 N–H and O–H groups in total. The molecule has 116 valence electrons. The van der Waals surface area contributed by atoms with Crippen molar-refractivity contribution in [1.82, 2.24) is 4.90 Å². The van der Waals surface area contributed by atoms with Gasteiger partial charge in [0.15, 0.2) is 0 Å². The van der Waals surface area contributed by atoms with Crippen molar-refractivity contribution >= 4 is 12.4 Å². The molecule has 0 heterocycles. The highest BCUT2D eigenvalue weighted by molar-refractivity contribution is 5.85. The summed E-state index contributed by atoms with van der Waals surface area (Å²) in [5.74, 6) is 0. The van der Waals surface area contributed by atoms with Crippen LogP contribution in [0.5, 0.6) is 0 Å². The van der Waals surface area contributed by atoms with E-state index in [1.807, 2.05) is 0 Å². The molecule has 0 fully saturated rings. The second-order valence-corrected chi connectivity index (χ2v) is 5.74. The minimum atomic E-state index is 0. The molecule has 0 rings (SSSR count). The molecule has 0 amide bonds. The molecule has 0 saturated carbocycles. The fraction of sp³-hybridized carbons (Fsp3) is 0.882. The van der Waals surface area contributed by atoms with Gasteiger partial charge in [-0.2, -0.15) is 0 Å². The topological polar surface area (TPSA) is 3.24 Å². The standard InChI is InChI=1S/C17H35N.ClH/c1-5-7-8-9-10-11-12-13-14-15-16-17(6-2)18(3)4;/h6,17H,2,5,7-16H2,1,3-4H3;1H. The Morgan fingerprint density at radius 3 is 1.63 bits per heavy atom. The third-order valence-electron chi connectivity index (χ3n) is 3.79. The highest BCUT2D eigenvalue weighted by Gasteiger charge is 2.05. The van der Waals surface area contributed by atoms with Crippen LogP contribution in [0.4, 0.5) is 0 Å². The quantitative estimate of drug-likeness (QED) is 0.304. The number of hydrogen-bond donors (Lipinski definition) is 0. The molecule has 0 aliphatic carbocycles. The van der Waals surface area contributed by atoms with Gasteiger partial charge in [-0.05, 0) is 20.5 Å². The smallest absolute Gasteiger partial charge is 0.0269 e. The minimum absolute atomic E-state index is 0. The fourth-order valence-electron chi connectivity index (χ4n) is 2.43.